The van der Waals surface area contributed by atoms with E-state index < -0.39 is 5.97 Å². The quantitative estimate of drug-likeness (QED) is 0.898. The van der Waals surface area contributed by atoms with Crippen LogP contribution in [0.15, 0.2) is 44.7 Å². The van der Waals surface area contributed by atoms with Crippen molar-refractivity contribution in [1.29, 1.82) is 0 Å². The lowest BCUT2D eigenvalue weighted by Gasteiger charge is -2.02. The maximum absolute atomic E-state index is 10.7. The SMILES string of the molecule is Cc1cc(C)cc(Sc2ccc(C(=O)O)o2)c1. The second kappa shape index (κ2) is 4.67. The second-order valence-electron chi connectivity index (χ2n) is 3.85. The van der Waals surface area contributed by atoms with Crippen LogP contribution in [-0.2, 0) is 0 Å². The number of carboxylic acids is 1. The van der Waals surface area contributed by atoms with E-state index in [2.05, 4.69) is 6.07 Å². The molecule has 2 rings (SSSR count). The summed E-state index contributed by atoms with van der Waals surface area (Å²) in [5.74, 6) is -1.07. The van der Waals surface area contributed by atoms with Crippen molar-refractivity contribution < 1.29 is 14.3 Å². The average Bonchev–Trinajstić information content (AvgIpc) is 2.64. The van der Waals surface area contributed by atoms with Gasteiger partial charge in [-0.2, -0.15) is 0 Å². The summed E-state index contributed by atoms with van der Waals surface area (Å²) < 4.78 is 5.19. The zero-order valence-corrected chi connectivity index (χ0v) is 10.4. The molecule has 3 nitrogen and oxygen atoms in total. The Morgan fingerprint density at radius 3 is 2.35 bits per heavy atom. The van der Waals surface area contributed by atoms with Crippen LogP contribution in [0.2, 0.25) is 0 Å². The molecule has 0 saturated carbocycles. The Bertz CT molecular complexity index is 537. The largest absolute Gasteiger partial charge is 0.475 e. The van der Waals surface area contributed by atoms with Crippen LogP contribution in [0.1, 0.15) is 21.7 Å². The highest BCUT2D eigenvalue weighted by Crippen LogP contribution is 2.30. The molecule has 1 N–H and O–H groups in total. The summed E-state index contributed by atoms with van der Waals surface area (Å²) >= 11 is 1.42. The molecule has 1 heterocycles. The highest BCUT2D eigenvalue weighted by Gasteiger charge is 2.10. The molecule has 1 aromatic carbocycles. The van der Waals surface area contributed by atoms with E-state index in [1.165, 1.54) is 29.0 Å². The van der Waals surface area contributed by atoms with Crippen molar-refractivity contribution in [2.24, 2.45) is 0 Å². The van der Waals surface area contributed by atoms with E-state index >= 15 is 0 Å². The van der Waals surface area contributed by atoms with Crippen LogP contribution in [0.5, 0.6) is 0 Å². The highest BCUT2D eigenvalue weighted by atomic mass is 32.2. The van der Waals surface area contributed by atoms with Crippen LogP contribution < -0.4 is 0 Å². The van der Waals surface area contributed by atoms with Crippen molar-refractivity contribution in [3.63, 3.8) is 0 Å². The minimum absolute atomic E-state index is 0.0307. The normalized spacial score (nSPS) is 10.5. The predicted octanol–water partition coefficient (Wildman–Crippen LogP) is 3.75. The number of hydrogen-bond acceptors (Lipinski definition) is 3. The molecule has 0 unspecified atom stereocenters. The van der Waals surface area contributed by atoms with Crippen molar-refractivity contribution in [2.75, 3.05) is 0 Å². The molecule has 4 heteroatoms. The summed E-state index contributed by atoms with van der Waals surface area (Å²) in [6.07, 6.45) is 0. The minimum atomic E-state index is -1.04. The first-order chi connectivity index (χ1) is 8.04. The molecule has 0 fully saturated rings. The molecule has 0 amide bonds. The standard InChI is InChI=1S/C13H12O3S/c1-8-5-9(2)7-10(6-8)17-12-4-3-11(16-12)13(14)15/h3-7H,1-2H3,(H,14,15). The van der Waals surface area contributed by atoms with E-state index in [1.807, 2.05) is 26.0 Å². The van der Waals surface area contributed by atoms with Crippen LogP contribution in [0, 0.1) is 13.8 Å². The lowest BCUT2D eigenvalue weighted by molar-refractivity contribution is 0.0656. The van der Waals surface area contributed by atoms with Gasteiger partial charge in [0.2, 0.25) is 5.76 Å². The third kappa shape index (κ3) is 2.91. The Balaban J connectivity index is 2.22. The predicted molar refractivity (Wildman–Crippen MR) is 65.7 cm³/mol. The first-order valence-electron chi connectivity index (χ1n) is 5.14. The fourth-order valence-electron chi connectivity index (χ4n) is 1.60. The van der Waals surface area contributed by atoms with E-state index in [4.69, 9.17) is 9.52 Å². The summed E-state index contributed by atoms with van der Waals surface area (Å²) in [5.41, 5.74) is 2.36. The van der Waals surface area contributed by atoms with Gasteiger partial charge in [0, 0.05) is 4.90 Å². The van der Waals surface area contributed by atoms with Gasteiger partial charge in [-0.1, -0.05) is 17.8 Å². The Morgan fingerprint density at radius 1 is 1.18 bits per heavy atom. The number of aromatic carboxylic acids is 1. The summed E-state index contributed by atoms with van der Waals surface area (Å²) in [6, 6.07) is 9.31. The molecule has 0 bridgehead atoms. The molecule has 1 aromatic heterocycles. The Morgan fingerprint density at radius 2 is 1.82 bits per heavy atom. The van der Waals surface area contributed by atoms with Gasteiger partial charge in [0.05, 0.1) is 0 Å². The Labute approximate surface area is 103 Å². The van der Waals surface area contributed by atoms with Gasteiger partial charge in [0.1, 0.15) is 0 Å². The van der Waals surface area contributed by atoms with E-state index in [1.54, 1.807) is 6.07 Å². The maximum atomic E-state index is 10.7. The van der Waals surface area contributed by atoms with Crippen molar-refractivity contribution in [3.05, 3.63) is 47.2 Å². The van der Waals surface area contributed by atoms with Crippen molar-refractivity contribution in [2.45, 2.75) is 23.8 Å². The van der Waals surface area contributed by atoms with Gasteiger partial charge in [-0.15, -0.1) is 0 Å². The molecule has 17 heavy (non-hydrogen) atoms. The fourth-order valence-corrected chi connectivity index (χ4v) is 2.59. The molecule has 0 aliphatic rings. The lowest BCUT2D eigenvalue weighted by atomic mass is 10.2. The van der Waals surface area contributed by atoms with Gasteiger partial charge in [-0.25, -0.2) is 4.79 Å². The third-order valence-electron chi connectivity index (χ3n) is 2.21. The molecule has 0 aliphatic carbocycles. The van der Waals surface area contributed by atoms with Crippen LogP contribution in [0.4, 0.5) is 0 Å². The van der Waals surface area contributed by atoms with Crippen LogP contribution in [0.25, 0.3) is 0 Å². The van der Waals surface area contributed by atoms with Crippen molar-refractivity contribution >= 4 is 17.7 Å². The van der Waals surface area contributed by atoms with Gasteiger partial charge in [0.25, 0.3) is 0 Å². The Hall–Kier alpha value is -1.68. The van der Waals surface area contributed by atoms with Gasteiger partial charge in [0.15, 0.2) is 5.09 Å². The smallest absolute Gasteiger partial charge is 0.371 e. The second-order valence-corrected chi connectivity index (χ2v) is 4.93. The van der Waals surface area contributed by atoms with E-state index in [0.717, 1.165) is 4.90 Å². The Kier molecular flexibility index (Phi) is 3.24. The molecule has 0 radical (unpaired) electrons. The molecule has 2 aromatic rings. The number of carboxylic acid groups (broad SMARTS) is 1. The number of benzene rings is 1. The van der Waals surface area contributed by atoms with Crippen LogP contribution >= 0.6 is 11.8 Å². The third-order valence-corrected chi connectivity index (χ3v) is 3.10. The van der Waals surface area contributed by atoms with E-state index in [-0.39, 0.29) is 5.76 Å². The fraction of sp³-hybridized carbons (Fsp3) is 0.154. The van der Waals surface area contributed by atoms with Gasteiger partial charge < -0.3 is 9.52 Å². The molecular weight excluding hydrogens is 236 g/mol. The molecule has 0 atom stereocenters. The summed E-state index contributed by atoms with van der Waals surface area (Å²) in [6.45, 7) is 4.06. The summed E-state index contributed by atoms with van der Waals surface area (Å²) in [5, 5.41) is 9.34. The zero-order chi connectivity index (χ0) is 12.4. The number of aryl methyl sites for hydroxylation is 2. The van der Waals surface area contributed by atoms with Crippen LogP contribution in [-0.4, -0.2) is 11.1 Å². The minimum Gasteiger partial charge on any atom is -0.475 e. The maximum Gasteiger partial charge on any atom is 0.371 e. The van der Waals surface area contributed by atoms with Crippen molar-refractivity contribution in [1.82, 2.24) is 0 Å². The first kappa shape index (κ1) is 11.8. The summed E-state index contributed by atoms with van der Waals surface area (Å²) in [7, 11) is 0. The van der Waals surface area contributed by atoms with Gasteiger partial charge >= 0.3 is 5.97 Å². The van der Waals surface area contributed by atoms with Crippen LogP contribution in [0.3, 0.4) is 0 Å². The van der Waals surface area contributed by atoms with Gasteiger partial charge in [-0.05, 0) is 49.2 Å². The lowest BCUT2D eigenvalue weighted by Crippen LogP contribution is -1.91. The summed E-state index contributed by atoms with van der Waals surface area (Å²) in [4.78, 5) is 11.7. The first-order valence-corrected chi connectivity index (χ1v) is 5.95. The van der Waals surface area contributed by atoms with Crippen molar-refractivity contribution in [3.8, 4) is 0 Å². The molecule has 0 spiro atoms. The number of hydrogen-bond donors (Lipinski definition) is 1. The van der Waals surface area contributed by atoms with E-state index in [0.29, 0.717) is 5.09 Å². The highest BCUT2D eigenvalue weighted by molar-refractivity contribution is 7.99. The average molecular weight is 248 g/mol. The molecule has 0 aliphatic heterocycles. The van der Waals surface area contributed by atoms with Gasteiger partial charge in [-0.3, -0.25) is 0 Å². The molecule has 0 saturated heterocycles. The van der Waals surface area contributed by atoms with E-state index in [9.17, 15) is 4.79 Å². The number of carbonyl (C=O) groups is 1. The number of rotatable bonds is 3. The monoisotopic (exact) mass is 248 g/mol. The zero-order valence-electron chi connectivity index (χ0n) is 9.56. The molecule has 88 valence electrons. The topological polar surface area (TPSA) is 50.4 Å². The number of furan rings is 1. The molecular formula is C13H12O3S.